The van der Waals surface area contributed by atoms with E-state index in [4.69, 9.17) is 5.11 Å². The van der Waals surface area contributed by atoms with Crippen LogP contribution in [-0.2, 0) is 4.79 Å². The highest BCUT2D eigenvalue weighted by atomic mass is 32.1. The summed E-state index contributed by atoms with van der Waals surface area (Å²) in [6, 6.07) is -0.493. The lowest BCUT2D eigenvalue weighted by Gasteiger charge is -2.23. The van der Waals surface area contributed by atoms with Gasteiger partial charge in [0.15, 0.2) is 0 Å². The van der Waals surface area contributed by atoms with E-state index in [-0.39, 0.29) is 6.42 Å². The minimum Gasteiger partial charge on any atom is -0.481 e. The van der Waals surface area contributed by atoms with Crippen molar-refractivity contribution < 1.29 is 14.7 Å². The number of carboxylic acid groups (broad SMARTS) is 1. The fraction of sp³-hybridized carbons (Fsp3) is 0.556. The van der Waals surface area contributed by atoms with Crippen LogP contribution in [0.15, 0.2) is 0 Å². The fourth-order valence-electron chi connectivity index (χ4n) is 1.21. The first-order valence-corrected chi connectivity index (χ1v) is 5.71. The second-order valence-electron chi connectivity index (χ2n) is 4.16. The highest BCUT2D eigenvalue weighted by Gasteiger charge is 2.24. The SMILES string of the molecule is Cc1nnc(NC(=O)NC(C)(C)CC(=O)O)s1. The van der Waals surface area contributed by atoms with Crippen LogP contribution < -0.4 is 10.6 Å². The van der Waals surface area contributed by atoms with Gasteiger partial charge < -0.3 is 10.4 Å². The minimum absolute atomic E-state index is 0.157. The van der Waals surface area contributed by atoms with E-state index < -0.39 is 17.5 Å². The van der Waals surface area contributed by atoms with Crippen LogP contribution in [0.25, 0.3) is 0 Å². The van der Waals surface area contributed by atoms with E-state index in [1.165, 1.54) is 11.3 Å². The van der Waals surface area contributed by atoms with Crippen LogP contribution in [0.5, 0.6) is 0 Å². The summed E-state index contributed by atoms with van der Waals surface area (Å²) in [5.41, 5.74) is -0.824. The maximum atomic E-state index is 11.5. The Balaban J connectivity index is 2.52. The summed E-state index contributed by atoms with van der Waals surface area (Å²) < 4.78 is 0. The number of carboxylic acids is 1. The van der Waals surface area contributed by atoms with Gasteiger partial charge in [0, 0.05) is 5.54 Å². The third-order valence-corrected chi connectivity index (χ3v) is 2.55. The van der Waals surface area contributed by atoms with Crippen LogP contribution in [0.1, 0.15) is 25.3 Å². The Morgan fingerprint density at radius 1 is 1.41 bits per heavy atom. The van der Waals surface area contributed by atoms with Crippen molar-refractivity contribution in [1.29, 1.82) is 0 Å². The second kappa shape index (κ2) is 5.09. The number of rotatable bonds is 4. The molecule has 0 saturated heterocycles. The zero-order chi connectivity index (χ0) is 13.1. The molecule has 0 bridgehead atoms. The van der Waals surface area contributed by atoms with Gasteiger partial charge in [-0.3, -0.25) is 10.1 Å². The number of urea groups is 1. The van der Waals surface area contributed by atoms with Crippen LogP contribution in [0.3, 0.4) is 0 Å². The molecule has 0 aromatic carbocycles. The topological polar surface area (TPSA) is 104 Å². The summed E-state index contributed by atoms with van der Waals surface area (Å²) in [6.07, 6.45) is -0.157. The number of aryl methyl sites for hydroxylation is 1. The maximum Gasteiger partial charge on any atom is 0.321 e. The van der Waals surface area contributed by atoms with Crippen molar-refractivity contribution in [2.24, 2.45) is 0 Å². The molecule has 0 fully saturated rings. The average Bonchev–Trinajstić information content (AvgIpc) is 2.46. The third-order valence-electron chi connectivity index (χ3n) is 1.79. The van der Waals surface area contributed by atoms with Crippen molar-refractivity contribution >= 4 is 28.5 Å². The largest absolute Gasteiger partial charge is 0.481 e. The summed E-state index contributed by atoms with van der Waals surface area (Å²) in [5.74, 6) is -0.970. The van der Waals surface area contributed by atoms with Crippen molar-refractivity contribution in [3.05, 3.63) is 5.01 Å². The zero-order valence-corrected chi connectivity index (χ0v) is 10.6. The summed E-state index contributed by atoms with van der Waals surface area (Å²) in [6.45, 7) is 5.03. The molecule has 0 aliphatic carbocycles. The Morgan fingerprint density at radius 2 is 2.06 bits per heavy atom. The molecule has 1 heterocycles. The lowest BCUT2D eigenvalue weighted by atomic mass is 10.0. The number of nitrogens with one attached hydrogen (secondary N) is 2. The first-order chi connectivity index (χ1) is 7.78. The number of hydrogen-bond acceptors (Lipinski definition) is 5. The van der Waals surface area contributed by atoms with Gasteiger partial charge in [0.2, 0.25) is 5.13 Å². The van der Waals surface area contributed by atoms with Crippen LogP contribution in [0.2, 0.25) is 0 Å². The van der Waals surface area contributed by atoms with E-state index >= 15 is 0 Å². The molecule has 0 saturated carbocycles. The molecule has 2 amide bonds. The van der Waals surface area contributed by atoms with E-state index in [0.717, 1.165) is 5.01 Å². The van der Waals surface area contributed by atoms with Gasteiger partial charge in [-0.2, -0.15) is 0 Å². The summed E-state index contributed by atoms with van der Waals surface area (Å²) in [5, 5.41) is 22.3. The van der Waals surface area contributed by atoms with E-state index in [9.17, 15) is 9.59 Å². The second-order valence-corrected chi connectivity index (χ2v) is 5.34. The van der Waals surface area contributed by atoms with E-state index in [1.54, 1.807) is 20.8 Å². The highest BCUT2D eigenvalue weighted by molar-refractivity contribution is 7.15. The molecule has 3 N–H and O–H groups in total. The number of carbonyl (C=O) groups excluding carboxylic acids is 1. The lowest BCUT2D eigenvalue weighted by molar-refractivity contribution is -0.138. The number of amides is 2. The van der Waals surface area contributed by atoms with Gasteiger partial charge in [-0.1, -0.05) is 11.3 Å². The van der Waals surface area contributed by atoms with Gasteiger partial charge in [-0.15, -0.1) is 10.2 Å². The zero-order valence-electron chi connectivity index (χ0n) is 9.77. The van der Waals surface area contributed by atoms with Crippen LogP contribution in [0, 0.1) is 6.92 Å². The Morgan fingerprint density at radius 3 is 2.53 bits per heavy atom. The van der Waals surface area contributed by atoms with Gasteiger partial charge in [0.25, 0.3) is 0 Å². The molecule has 0 spiro atoms. The number of nitrogens with zero attached hydrogens (tertiary/aromatic N) is 2. The maximum absolute atomic E-state index is 11.5. The van der Waals surface area contributed by atoms with E-state index in [0.29, 0.717) is 5.13 Å². The summed E-state index contributed by atoms with van der Waals surface area (Å²) >= 11 is 1.25. The normalized spacial score (nSPS) is 11.0. The molecule has 17 heavy (non-hydrogen) atoms. The number of aromatic nitrogens is 2. The molecule has 0 aliphatic heterocycles. The Kier molecular flexibility index (Phi) is 4.00. The predicted octanol–water partition coefficient (Wildman–Crippen LogP) is 1.22. The molecule has 0 unspecified atom stereocenters. The monoisotopic (exact) mass is 258 g/mol. The molecular formula is C9H14N4O3S. The molecule has 0 radical (unpaired) electrons. The molecule has 7 nitrogen and oxygen atoms in total. The van der Waals surface area contributed by atoms with Crippen LogP contribution in [0.4, 0.5) is 9.93 Å². The molecule has 1 aromatic rings. The smallest absolute Gasteiger partial charge is 0.321 e. The Hall–Kier alpha value is -1.70. The molecular weight excluding hydrogens is 244 g/mol. The molecule has 0 aliphatic rings. The number of carbonyl (C=O) groups is 2. The number of anilines is 1. The third kappa shape index (κ3) is 4.77. The average molecular weight is 258 g/mol. The number of aliphatic carboxylic acids is 1. The van der Waals surface area contributed by atoms with Crippen molar-refractivity contribution in [3.63, 3.8) is 0 Å². The highest BCUT2D eigenvalue weighted by Crippen LogP contribution is 2.14. The lowest BCUT2D eigenvalue weighted by Crippen LogP contribution is -2.46. The first-order valence-electron chi connectivity index (χ1n) is 4.89. The van der Waals surface area contributed by atoms with E-state index in [1.807, 2.05) is 0 Å². The molecule has 1 rings (SSSR count). The Bertz CT molecular complexity index is 430. The quantitative estimate of drug-likeness (QED) is 0.753. The standard InChI is InChI=1S/C9H14N4O3S/c1-5-12-13-8(17-5)10-7(16)11-9(2,3)4-6(14)15/h4H2,1-3H3,(H,14,15)(H2,10,11,13,16). The van der Waals surface area contributed by atoms with Crippen molar-refractivity contribution in [3.8, 4) is 0 Å². The van der Waals surface area contributed by atoms with Crippen molar-refractivity contribution in [1.82, 2.24) is 15.5 Å². The predicted molar refractivity (Wildman–Crippen MR) is 63.1 cm³/mol. The molecule has 1 aromatic heterocycles. The van der Waals surface area contributed by atoms with Gasteiger partial charge >= 0.3 is 12.0 Å². The minimum atomic E-state index is -0.970. The van der Waals surface area contributed by atoms with Crippen molar-refractivity contribution in [2.45, 2.75) is 32.7 Å². The van der Waals surface area contributed by atoms with Gasteiger partial charge in [0.1, 0.15) is 5.01 Å². The molecule has 0 atom stereocenters. The molecule has 8 heteroatoms. The van der Waals surface area contributed by atoms with Gasteiger partial charge in [-0.25, -0.2) is 4.79 Å². The van der Waals surface area contributed by atoms with Gasteiger partial charge in [0.05, 0.1) is 6.42 Å². The fourth-order valence-corrected chi connectivity index (χ4v) is 1.79. The van der Waals surface area contributed by atoms with Crippen LogP contribution in [-0.4, -0.2) is 32.8 Å². The number of hydrogen-bond donors (Lipinski definition) is 3. The van der Waals surface area contributed by atoms with Crippen LogP contribution >= 0.6 is 11.3 Å². The van der Waals surface area contributed by atoms with E-state index in [2.05, 4.69) is 20.8 Å². The summed E-state index contributed by atoms with van der Waals surface area (Å²) in [4.78, 5) is 22.1. The van der Waals surface area contributed by atoms with Crippen molar-refractivity contribution in [2.75, 3.05) is 5.32 Å². The first kappa shape index (κ1) is 13.4. The van der Waals surface area contributed by atoms with Gasteiger partial charge in [-0.05, 0) is 20.8 Å². The molecule has 94 valence electrons. The summed E-state index contributed by atoms with van der Waals surface area (Å²) in [7, 11) is 0. The Labute approximate surface area is 102 Å².